The Kier molecular flexibility index (Phi) is 2.90. The summed E-state index contributed by atoms with van der Waals surface area (Å²) >= 11 is 12.8. The highest BCUT2D eigenvalue weighted by Gasteiger charge is 2.07. The van der Waals surface area contributed by atoms with E-state index in [1.165, 1.54) is 18.0 Å². The van der Waals surface area contributed by atoms with Gasteiger partial charge in [0, 0.05) is 12.4 Å². The average molecular weight is 247 g/mol. The highest BCUT2D eigenvalue weighted by Crippen LogP contribution is 2.29. The van der Waals surface area contributed by atoms with Gasteiger partial charge < -0.3 is 4.98 Å². The number of aromatic nitrogens is 4. The Hall–Kier alpha value is -0.780. The van der Waals surface area contributed by atoms with Crippen molar-refractivity contribution in [3.63, 3.8) is 0 Å². The van der Waals surface area contributed by atoms with Crippen molar-refractivity contribution in [2.75, 3.05) is 0 Å². The second-order valence-corrected chi connectivity index (χ2v) is 4.01. The van der Waals surface area contributed by atoms with Crippen LogP contribution in [0.25, 0.3) is 0 Å². The summed E-state index contributed by atoms with van der Waals surface area (Å²) in [5.41, 5.74) is 0. The van der Waals surface area contributed by atoms with E-state index in [0.29, 0.717) is 15.2 Å². The predicted molar refractivity (Wildman–Crippen MR) is 54.8 cm³/mol. The third-order valence-electron chi connectivity index (χ3n) is 1.35. The Morgan fingerprint density at radius 3 is 2.86 bits per heavy atom. The van der Waals surface area contributed by atoms with Gasteiger partial charge >= 0.3 is 0 Å². The number of hydrogen-bond acceptors (Lipinski definition) is 4. The topological polar surface area (TPSA) is 54.5 Å². The predicted octanol–water partition coefficient (Wildman–Crippen LogP) is 2.66. The number of rotatable bonds is 2. The van der Waals surface area contributed by atoms with Crippen LogP contribution in [-0.4, -0.2) is 19.9 Å². The van der Waals surface area contributed by atoms with E-state index in [9.17, 15) is 0 Å². The molecule has 0 aliphatic rings. The van der Waals surface area contributed by atoms with Gasteiger partial charge in [-0.3, -0.25) is 0 Å². The first kappa shape index (κ1) is 9.76. The Bertz CT molecular complexity index is 431. The van der Waals surface area contributed by atoms with Crippen LogP contribution >= 0.6 is 35.0 Å². The van der Waals surface area contributed by atoms with Crippen molar-refractivity contribution in [3.05, 3.63) is 28.9 Å². The largest absolute Gasteiger partial charge is 0.339 e. The van der Waals surface area contributed by atoms with Gasteiger partial charge in [-0.05, 0) is 23.4 Å². The normalized spacial score (nSPS) is 10.4. The zero-order chi connectivity index (χ0) is 9.97. The molecule has 1 N–H and O–H groups in total. The van der Waals surface area contributed by atoms with Crippen LogP contribution in [0.2, 0.25) is 10.3 Å². The quantitative estimate of drug-likeness (QED) is 0.654. The highest BCUT2D eigenvalue weighted by atomic mass is 35.5. The van der Waals surface area contributed by atoms with Crippen molar-refractivity contribution >= 4 is 35.0 Å². The van der Waals surface area contributed by atoms with E-state index in [0.717, 1.165) is 0 Å². The van der Waals surface area contributed by atoms with Crippen LogP contribution in [0.1, 0.15) is 0 Å². The maximum Gasteiger partial charge on any atom is 0.223 e. The molecule has 7 heteroatoms. The van der Waals surface area contributed by atoms with Gasteiger partial charge in [0.2, 0.25) is 5.28 Å². The van der Waals surface area contributed by atoms with Gasteiger partial charge in [0.15, 0.2) is 5.16 Å². The summed E-state index contributed by atoms with van der Waals surface area (Å²) in [6, 6.07) is 0. The molecule has 2 aromatic heterocycles. The molecule has 0 amide bonds. The fourth-order valence-corrected chi connectivity index (χ4v) is 1.90. The first-order valence-corrected chi connectivity index (χ1v) is 5.18. The summed E-state index contributed by atoms with van der Waals surface area (Å²) in [5, 5.41) is 1.92. The van der Waals surface area contributed by atoms with Gasteiger partial charge in [-0.1, -0.05) is 11.6 Å². The Labute approximate surface area is 94.1 Å². The van der Waals surface area contributed by atoms with Gasteiger partial charge in [0.05, 0.1) is 11.2 Å². The van der Waals surface area contributed by atoms with Gasteiger partial charge in [-0.25, -0.2) is 15.0 Å². The van der Waals surface area contributed by atoms with Crippen molar-refractivity contribution in [2.45, 2.75) is 10.2 Å². The number of imidazole rings is 1. The molecule has 2 heterocycles. The SMILES string of the molecule is Clc1ncc(Cl)c(Sc2ncc[nH]2)n1. The monoisotopic (exact) mass is 246 g/mol. The molecule has 0 atom stereocenters. The van der Waals surface area contributed by atoms with Crippen LogP contribution in [0.4, 0.5) is 0 Å². The second kappa shape index (κ2) is 4.16. The lowest BCUT2D eigenvalue weighted by atomic mass is 10.7. The van der Waals surface area contributed by atoms with Crippen molar-refractivity contribution in [2.24, 2.45) is 0 Å². The Morgan fingerprint density at radius 2 is 2.14 bits per heavy atom. The van der Waals surface area contributed by atoms with E-state index in [4.69, 9.17) is 23.2 Å². The molecule has 4 nitrogen and oxygen atoms in total. The molecule has 0 aromatic carbocycles. The minimum absolute atomic E-state index is 0.170. The van der Waals surface area contributed by atoms with Gasteiger partial charge in [0.25, 0.3) is 0 Å². The standard InChI is InChI=1S/C7H4Cl2N4S/c8-4-3-12-6(9)13-5(4)14-7-10-1-2-11-7/h1-3H,(H,10,11). The molecule has 0 spiro atoms. The maximum absolute atomic E-state index is 5.87. The number of nitrogens with zero attached hydrogens (tertiary/aromatic N) is 3. The molecule has 0 saturated carbocycles. The Morgan fingerprint density at radius 1 is 1.29 bits per heavy atom. The number of H-pyrrole nitrogens is 1. The third kappa shape index (κ3) is 2.17. The van der Waals surface area contributed by atoms with Crippen LogP contribution in [0.5, 0.6) is 0 Å². The molecular weight excluding hydrogens is 243 g/mol. The van der Waals surface area contributed by atoms with Crippen LogP contribution in [0.15, 0.2) is 28.8 Å². The van der Waals surface area contributed by atoms with E-state index < -0.39 is 0 Å². The van der Waals surface area contributed by atoms with E-state index in [1.807, 2.05) is 0 Å². The molecule has 0 saturated heterocycles. The minimum atomic E-state index is 0.170. The second-order valence-electron chi connectivity index (χ2n) is 2.29. The highest BCUT2D eigenvalue weighted by molar-refractivity contribution is 7.99. The molecule has 14 heavy (non-hydrogen) atoms. The lowest BCUT2D eigenvalue weighted by molar-refractivity contribution is 1.02. The van der Waals surface area contributed by atoms with Crippen LogP contribution in [-0.2, 0) is 0 Å². The summed E-state index contributed by atoms with van der Waals surface area (Å²) in [6.07, 6.45) is 4.83. The van der Waals surface area contributed by atoms with Gasteiger partial charge in [-0.15, -0.1) is 0 Å². The molecule has 0 unspecified atom stereocenters. The molecule has 0 fully saturated rings. The lowest BCUT2D eigenvalue weighted by Crippen LogP contribution is -1.87. The fraction of sp³-hybridized carbons (Fsp3) is 0. The summed E-state index contributed by atoms with van der Waals surface area (Å²) in [4.78, 5) is 14.7. The molecular formula is C7H4Cl2N4S. The third-order valence-corrected chi connectivity index (χ3v) is 2.84. The first-order chi connectivity index (χ1) is 6.75. The molecule has 2 rings (SSSR count). The summed E-state index contributed by atoms with van der Waals surface area (Å²) in [5.74, 6) is 0. The Balaban J connectivity index is 2.28. The fourth-order valence-electron chi connectivity index (χ4n) is 0.801. The number of halogens is 2. The van der Waals surface area contributed by atoms with Gasteiger partial charge in [0.1, 0.15) is 5.03 Å². The molecule has 72 valence electrons. The lowest BCUT2D eigenvalue weighted by Gasteiger charge is -1.99. The van der Waals surface area contributed by atoms with Crippen molar-refractivity contribution in [1.29, 1.82) is 0 Å². The van der Waals surface area contributed by atoms with Crippen LogP contribution in [0, 0.1) is 0 Å². The zero-order valence-corrected chi connectivity index (χ0v) is 9.07. The maximum atomic E-state index is 5.87. The molecule has 0 radical (unpaired) electrons. The molecule has 0 aliphatic carbocycles. The number of hydrogen-bond donors (Lipinski definition) is 1. The average Bonchev–Trinajstić information content (AvgIpc) is 2.64. The number of nitrogens with one attached hydrogen (secondary N) is 1. The first-order valence-electron chi connectivity index (χ1n) is 3.61. The summed E-state index contributed by atoms with van der Waals surface area (Å²) < 4.78 is 0. The summed E-state index contributed by atoms with van der Waals surface area (Å²) in [6.45, 7) is 0. The minimum Gasteiger partial charge on any atom is -0.339 e. The van der Waals surface area contributed by atoms with E-state index in [-0.39, 0.29) is 5.28 Å². The van der Waals surface area contributed by atoms with E-state index >= 15 is 0 Å². The van der Waals surface area contributed by atoms with Gasteiger partial charge in [-0.2, -0.15) is 0 Å². The number of aromatic amines is 1. The van der Waals surface area contributed by atoms with Crippen molar-refractivity contribution in [3.8, 4) is 0 Å². The van der Waals surface area contributed by atoms with Crippen molar-refractivity contribution in [1.82, 2.24) is 19.9 Å². The smallest absolute Gasteiger partial charge is 0.223 e. The van der Waals surface area contributed by atoms with Crippen molar-refractivity contribution < 1.29 is 0 Å². The van der Waals surface area contributed by atoms with Crippen LogP contribution < -0.4 is 0 Å². The van der Waals surface area contributed by atoms with E-state index in [2.05, 4.69) is 19.9 Å². The molecule has 2 aromatic rings. The zero-order valence-electron chi connectivity index (χ0n) is 6.74. The molecule has 0 aliphatic heterocycles. The van der Waals surface area contributed by atoms with E-state index in [1.54, 1.807) is 12.4 Å². The van der Waals surface area contributed by atoms with Crippen LogP contribution in [0.3, 0.4) is 0 Å². The summed E-state index contributed by atoms with van der Waals surface area (Å²) in [7, 11) is 0. The molecule has 0 bridgehead atoms.